The predicted molar refractivity (Wildman–Crippen MR) is 71.5 cm³/mol. The van der Waals surface area contributed by atoms with Gasteiger partial charge in [0.1, 0.15) is 5.82 Å². The van der Waals surface area contributed by atoms with E-state index in [0.29, 0.717) is 25.1 Å². The maximum Gasteiger partial charge on any atom is 0.228 e. The summed E-state index contributed by atoms with van der Waals surface area (Å²) in [4.78, 5) is 17.8. The van der Waals surface area contributed by atoms with Crippen molar-refractivity contribution in [3.63, 3.8) is 0 Å². The number of thiazole rings is 1. The molecule has 1 fully saturated rings. The molecule has 2 heterocycles. The first-order chi connectivity index (χ1) is 9.24. The molecule has 3 rings (SSSR count). The van der Waals surface area contributed by atoms with Crippen LogP contribution in [0, 0.1) is 5.82 Å². The Kier molecular flexibility index (Phi) is 3.29. The third kappa shape index (κ3) is 2.51. The molecule has 0 spiro atoms. The van der Waals surface area contributed by atoms with Gasteiger partial charge in [0.05, 0.1) is 17.6 Å². The van der Waals surface area contributed by atoms with Crippen molar-refractivity contribution in [3.8, 4) is 0 Å². The van der Waals surface area contributed by atoms with E-state index in [2.05, 4.69) is 4.98 Å². The normalized spacial score (nSPS) is 15.3. The molecule has 0 aliphatic carbocycles. The number of carbonyl (C=O) groups excluding carboxylic acids is 1. The summed E-state index contributed by atoms with van der Waals surface area (Å²) in [6, 6.07) is 6.78. The van der Waals surface area contributed by atoms with Crippen molar-refractivity contribution in [1.29, 1.82) is 0 Å². The Morgan fingerprint density at radius 2 is 2.21 bits per heavy atom. The van der Waals surface area contributed by atoms with Crippen LogP contribution in [-0.4, -0.2) is 28.9 Å². The number of rotatable bonds is 3. The molecule has 1 saturated heterocycles. The Labute approximate surface area is 114 Å². The third-order valence-corrected chi connectivity index (χ3v) is 4.03. The monoisotopic (exact) mass is 276 g/mol. The van der Waals surface area contributed by atoms with E-state index in [1.54, 1.807) is 22.5 Å². The van der Waals surface area contributed by atoms with Gasteiger partial charge in [-0.2, -0.15) is 0 Å². The molecule has 0 bridgehead atoms. The number of halogens is 1. The first kappa shape index (κ1) is 12.3. The second-order valence-corrected chi connectivity index (χ2v) is 5.39. The molecule has 0 radical (unpaired) electrons. The Morgan fingerprint density at radius 3 is 2.89 bits per heavy atom. The zero-order valence-corrected chi connectivity index (χ0v) is 11.1. The average molecular weight is 276 g/mol. The van der Waals surface area contributed by atoms with Crippen LogP contribution in [0.1, 0.15) is 17.2 Å². The molecule has 0 N–H and O–H groups in total. The minimum Gasteiger partial charge on any atom is -0.341 e. The van der Waals surface area contributed by atoms with Crippen molar-refractivity contribution < 1.29 is 9.18 Å². The molecule has 0 atom stereocenters. The number of hydrogen-bond acceptors (Lipinski definition) is 3. The highest BCUT2D eigenvalue weighted by Gasteiger charge is 2.33. The van der Waals surface area contributed by atoms with Crippen LogP contribution in [0.2, 0.25) is 0 Å². The molecule has 1 amide bonds. The molecule has 19 heavy (non-hydrogen) atoms. The number of likely N-dealkylation sites (tertiary alicyclic amines) is 1. The van der Waals surface area contributed by atoms with Gasteiger partial charge in [-0.05, 0) is 11.6 Å². The molecule has 1 aliphatic heterocycles. The van der Waals surface area contributed by atoms with E-state index in [1.165, 1.54) is 17.4 Å². The highest BCUT2D eigenvalue weighted by Crippen LogP contribution is 2.29. The maximum absolute atomic E-state index is 13.6. The summed E-state index contributed by atoms with van der Waals surface area (Å²) in [5, 5.41) is 1.88. The quantitative estimate of drug-likeness (QED) is 0.862. The fraction of sp³-hybridized carbons (Fsp3) is 0.286. The molecule has 0 saturated carbocycles. The van der Waals surface area contributed by atoms with Crippen molar-refractivity contribution >= 4 is 17.2 Å². The fourth-order valence-corrected chi connectivity index (χ4v) is 2.84. The number of benzene rings is 1. The van der Waals surface area contributed by atoms with Gasteiger partial charge in [0.2, 0.25) is 5.91 Å². The minimum atomic E-state index is -0.181. The van der Waals surface area contributed by atoms with Crippen LogP contribution >= 0.6 is 11.3 Å². The molecule has 3 nitrogen and oxygen atoms in total. The Bertz CT molecular complexity index is 579. The second kappa shape index (κ2) is 5.09. The smallest absolute Gasteiger partial charge is 0.228 e. The zero-order valence-electron chi connectivity index (χ0n) is 10.3. The van der Waals surface area contributed by atoms with Gasteiger partial charge in [-0.15, -0.1) is 11.3 Å². The molecule has 98 valence electrons. The largest absolute Gasteiger partial charge is 0.341 e. The highest BCUT2D eigenvalue weighted by molar-refractivity contribution is 7.07. The van der Waals surface area contributed by atoms with Crippen molar-refractivity contribution in [2.24, 2.45) is 0 Å². The van der Waals surface area contributed by atoms with E-state index in [4.69, 9.17) is 0 Å². The highest BCUT2D eigenvalue weighted by atomic mass is 32.1. The average Bonchev–Trinajstić information content (AvgIpc) is 2.82. The number of carbonyl (C=O) groups is 1. The Balaban J connectivity index is 1.58. The van der Waals surface area contributed by atoms with E-state index in [1.807, 2.05) is 11.4 Å². The summed E-state index contributed by atoms with van der Waals surface area (Å²) >= 11 is 1.49. The van der Waals surface area contributed by atoms with E-state index in [-0.39, 0.29) is 17.6 Å². The molecule has 5 heteroatoms. The molecule has 1 aromatic heterocycles. The van der Waals surface area contributed by atoms with Crippen molar-refractivity contribution in [3.05, 3.63) is 52.2 Å². The molecule has 0 unspecified atom stereocenters. The lowest BCUT2D eigenvalue weighted by molar-refractivity contribution is -0.134. The van der Waals surface area contributed by atoms with Crippen LogP contribution in [-0.2, 0) is 11.2 Å². The van der Waals surface area contributed by atoms with E-state index in [0.717, 1.165) is 5.69 Å². The van der Waals surface area contributed by atoms with Gasteiger partial charge < -0.3 is 4.90 Å². The van der Waals surface area contributed by atoms with Gasteiger partial charge >= 0.3 is 0 Å². The molecule has 1 aromatic carbocycles. The zero-order chi connectivity index (χ0) is 13.2. The number of nitrogens with zero attached hydrogens (tertiary/aromatic N) is 2. The molecule has 1 aliphatic rings. The van der Waals surface area contributed by atoms with Crippen molar-refractivity contribution in [2.75, 3.05) is 13.1 Å². The first-order valence-electron chi connectivity index (χ1n) is 6.13. The van der Waals surface area contributed by atoms with Gasteiger partial charge in [-0.25, -0.2) is 9.37 Å². The van der Waals surface area contributed by atoms with Gasteiger partial charge in [-0.3, -0.25) is 4.79 Å². The standard InChI is InChI=1S/C14H13FN2OS/c15-13-4-2-1-3-12(13)10-6-17(7-10)14(18)5-11-8-19-9-16-11/h1-4,8-10H,5-7H2. The number of hydrogen-bond donors (Lipinski definition) is 0. The Hall–Kier alpha value is -1.75. The van der Waals surface area contributed by atoms with Gasteiger partial charge in [0, 0.05) is 24.4 Å². The van der Waals surface area contributed by atoms with Crippen molar-refractivity contribution in [1.82, 2.24) is 9.88 Å². The predicted octanol–water partition coefficient (Wildman–Crippen LogP) is 2.45. The fourth-order valence-electron chi connectivity index (χ4n) is 2.28. The van der Waals surface area contributed by atoms with Gasteiger partial charge in [0.25, 0.3) is 0 Å². The van der Waals surface area contributed by atoms with Gasteiger partial charge in [0.15, 0.2) is 0 Å². The third-order valence-electron chi connectivity index (χ3n) is 3.40. The Morgan fingerprint density at radius 1 is 1.42 bits per heavy atom. The lowest BCUT2D eigenvalue weighted by Gasteiger charge is -2.39. The number of amides is 1. The molecule has 2 aromatic rings. The van der Waals surface area contributed by atoms with Crippen LogP contribution in [0.25, 0.3) is 0 Å². The maximum atomic E-state index is 13.6. The van der Waals surface area contributed by atoms with Gasteiger partial charge in [-0.1, -0.05) is 18.2 Å². The lowest BCUT2D eigenvalue weighted by Crippen LogP contribution is -2.49. The minimum absolute atomic E-state index is 0.0680. The topological polar surface area (TPSA) is 33.2 Å². The van der Waals surface area contributed by atoms with Crippen LogP contribution in [0.3, 0.4) is 0 Å². The van der Waals surface area contributed by atoms with E-state index in [9.17, 15) is 9.18 Å². The number of aromatic nitrogens is 1. The van der Waals surface area contributed by atoms with Crippen LogP contribution < -0.4 is 0 Å². The van der Waals surface area contributed by atoms with Crippen molar-refractivity contribution in [2.45, 2.75) is 12.3 Å². The van der Waals surface area contributed by atoms with E-state index < -0.39 is 0 Å². The summed E-state index contributed by atoms with van der Waals surface area (Å²) in [5.74, 6) is 0.0122. The summed E-state index contributed by atoms with van der Waals surface area (Å²) in [7, 11) is 0. The molecular weight excluding hydrogens is 263 g/mol. The van der Waals surface area contributed by atoms with Crippen LogP contribution in [0.15, 0.2) is 35.2 Å². The summed E-state index contributed by atoms with van der Waals surface area (Å²) in [6.07, 6.45) is 0.341. The summed E-state index contributed by atoms with van der Waals surface area (Å²) < 4.78 is 13.6. The summed E-state index contributed by atoms with van der Waals surface area (Å²) in [5.41, 5.74) is 3.24. The van der Waals surface area contributed by atoms with Crippen LogP contribution in [0.5, 0.6) is 0 Å². The second-order valence-electron chi connectivity index (χ2n) is 4.67. The summed E-state index contributed by atoms with van der Waals surface area (Å²) in [6.45, 7) is 1.20. The van der Waals surface area contributed by atoms with Crippen LogP contribution in [0.4, 0.5) is 4.39 Å². The SMILES string of the molecule is O=C(Cc1cscn1)N1CC(c2ccccc2F)C1. The first-order valence-corrected chi connectivity index (χ1v) is 7.07. The lowest BCUT2D eigenvalue weighted by atomic mass is 9.90. The van der Waals surface area contributed by atoms with E-state index >= 15 is 0 Å². The molecular formula is C14H13FN2OS.